The molecule has 0 atom stereocenters. The molecule has 0 aliphatic carbocycles. The molecule has 0 saturated heterocycles. The van der Waals surface area contributed by atoms with Gasteiger partial charge >= 0.3 is 0 Å². The molecule has 33 heavy (non-hydrogen) atoms. The number of carbonyl (C=O) groups is 1. The molecule has 8 heteroatoms. The number of hydrogen-bond acceptors (Lipinski definition) is 6. The highest BCUT2D eigenvalue weighted by Gasteiger charge is 2.18. The minimum atomic E-state index is -0.495. The van der Waals surface area contributed by atoms with Crippen LogP contribution in [-0.2, 0) is 0 Å². The van der Waals surface area contributed by atoms with Crippen molar-refractivity contribution < 1.29 is 19.2 Å². The van der Waals surface area contributed by atoms with Gasteiger partial charge in [0.2, 0.25) is 0 Å². The van der Waals surface area contributed by atoms with Crippen molar-refractivity contribution in [3.8, 4) is 22.8 Å². The average molecular weight is 443 g/mol. The number of amides is 1. The number of methoxy groups -OCH3 is 2. The summed E-state index contributed by atoms with van der Waals surface area (Å²) in [7, 11) is 3.12. The van der Waals surface area contributed by atoms with Crippen molar-refractivity contribution in [3.05, 3.63) is 88.0 Å². The molecule has 1 amide bonds. The third-order valence-electron chi connectivity index (χ3n) is 5.33. The van der Waals surface area contributed by atoms with Gasteiger partial charge in [0, 0.05) is 29.1 Å². The monoisotopic (exact) mass is 443 g/mol. The maximum Gasteiger partial charge on any atom is 0.271 e. The van der Waals surface area contributed by atoms with E-state index in [-0.39, 0.29) is 5.69 Å². The van der Waals surface area contributed by atoms with Crippen LogP contribution in [0.3, 0.4) is 0 Å². The van der Waals surface area contributed by atoms with Gasteiger partial charge in [0.05, 0.1) is 41.6 Å². The van der Waals surface area contributed by atoms with Crippen molar-refractivity contribution in [2.24, 2.45) is 0 Å². The number of rotatable bonds is 6. The van der Waals surface area contributed by atoms with Gasteiger partial charge in [0.15, 0.2) is 0 Å². The van der Waals surface area contributed by atoms with Crippen LogP contribution in [0.4, 0.5) is 11.4 Å². The molecule has 1 N–H and O–H groups in total. The van der Waals surface area contributed by atoms with Gasteiger partial charge in [-0.25, -0.2) is 4.98 Å². The molecule has 0 radical (unpaired) electrons. The molecule has 4 aromatic rings. The molecular formula is C25H21N3O5. The van der Waals surface area contributed by atoms with E-state index in [4.69, 9.17) is 14.5 Å². The fraction of sp³-hybridized carbons (Fsp3) is 0.120. The van der Waals surface area contributed by atoms with Crippen molar-refractivity contribution >= 4 is 28.2 Å². The van der Waals surface area contributed by atoms with E-state index in [1.807, 2.05) is 30.3 Å². The fourth-order valence-electron chi connectivity index (χ4n) is 3.56. The van der Waals surface area contributed by atoms with Crippen molar-refractivity contribution in [1.82, 2.24) is 4.98 Å². The van der Waals surface area contributed by atoms with Crippen LogP contribution >= 0.6 is 0 Å². The van der Waals surface area contributed by atoms with Crippen LogP contribution in [0.5, 0.6) is 11.5 Å². The number of para-hydroxylation sites is 1. The predicted octanol–water partition coefficient (Wildman–Crippen LogP) is 5.39. The lowest BCUT2D eigenvalue weighted by atomic mass is 10.0. The summed E-state index contributed by atoms with van der Waals surface area (Å²) >= 11 is 0. The van der Waals surface area contributed by atoms with Crippen LogP contribution < -0.4 is 14.8 Å². The molecule has 0 fully saturated rings. The number of aromatic nitrogens is 1. The number of nitro benzene ring substituents is 1. The number of ether oxygens (including phenoxy) is 2. The van der Waals surface area contributed by atoms with Gasteiger partial charge in [-0.2, -0.15) is 0 Å². The number of benzene rings is 3. The van der Waals surface area contributed by atoms with Crippen molar-refractivity contribution in [2.45, 2.75) is 6.92 Å². The van der Waals surface area contributed by atoms with Crippen LogP contribution in [0.1, 0.15) is 15.9 Å². The second-order valence-electron chi connectivity index (χ2n) is 7.35. The number of non-ortho nitro benzene ring substituents is 1. The first-order valence-electron chi connectivity index (χ1n) is 10.1. The Morgan fingerprint density at radius 1 is 1.00 bits per heavy atom. The summed E-state index contributed by atoms with van der Waals surface area (Å²) in [6.07, 6.45) is 0. The zero-order chi connectivity index (χ0) is 23.5. The summed E-state index contributed by atoms with van der Waals surface area (Å²) in [5.41, 5.74) is 3.26. The molecule has 0 bridgehead atoms. The highest BCUT2D eigenvalue weighted by Crippen LogP contribution is 2.34. The Bertz CT molecular complexity index is 1380. The maximum absolute atomic E-state index is 13.3. The van der Waals surface area contributed by atoms with Crippen LogP contribution in [-0.4, -0.2) is 30.0 Å². The van der Waals surface area contributed by atoms with Gasteiger partial charge < -0.3 is 14.8 Å². The van der Waals surface area contributed by atoms with Gasteiger partial charge in [0.25, 0.3) is 11.6 Å². The highest BCUT2D eigenvalue weighted by atomic mass is 16.6. The maximum atomic E-state index is 13.3. The number of hydrogen-bond donors (Lipinski definition) is 1. The molecule has 3 aromatic carbocycles. The Balaban J connectivity index is 1.82. The average Bonchev–Trinajstić information content (AvgIpc) is 2.83. The van der Waals surface area contributed by atoms with Crippen LogP contribution in [0, 0.1) is 17.0 Å². The number of aryl methyl sites for hydroxylation is 1. The van der Waals surface area contributed by atoms with Crippen LogP contribution in [0.25, 0.3) is 22.2 Å². The van der Waals surface area contributed by atoms with Crippen molar-refractivity contribution in [3.63, 3.8) is 0 Å². The molecule has 0 saturated carbocycles. The second kappa shape index (κ2) is 8.96. The Kier molecular flexibility index (Phi) is 5.91. The van der Waals surface area contributed by atoms with E-state index in [0.717, 1.165) is 0 Å². The Labute approximate surface area is 189 Å². The largest absolute Gasteiger partial charge is 0.497 e. The summed E-state index contributed by atoms with van der Waals surface area (Å²) in [5, 5.41) is 14.6. The first-order valence-corrected chi connectivity index (χ1v) is 10.1. The molecule has 1 aromatic heterocycles. The lowest BCUT2D eigenvalue weighted by Gasteiger charge is -2.14. The van der Waals surface area contributed by atoms with E-state index in [0.29, 0.717) is 50.5 Å². The molecule has 0 aliphatic heterocycles. The normalized spacial score (nSPS) is 10.6. The fourth-order valence-corrected chi connectivity index (χ4v) is 3.56. The summed E-state index contributed by atoms with van der Waals surface area (Å²) in [4.78, 5) is 28.7. The second-order valence-corrected chi connectivity index (χ2v) is 7.35. The third kappa shape index (κ3) is 4.31. The third-order valence-corrected chi connectivity index (χ3v) is 5.33. The number of fused-ring (bicyclic) bond motifs is 1. The topological polar surface area (TPSA) is 104 Å². The quantitative estimate of drug-likeness (QED) is 0.317. The summed E-state index contributed by atoms with van der Waals surface area (Å²) in [5.74, 6) is 0.791. The van der Waals surface area contributed by atoms with E-state index in [1.54, 1.807) is 45.4 Å². The van der Waals surface area contributed by atoms with E-state index >= 15 is 0 Å². The molecule has 0 spiro atoms. The van der Waals surface area contributed by atoms with Gasteiger partial charge in [-0.15, -0.1) is 0 Å². The van der Waals surface area contributed by atoms with Gasteiger partial charge in [-0.05, 0) is 36.8 Å². The van der Waals surface area contributed by atoms with Gasteiger partial charge in [-0.3, -0.25) is 14.9 Å². The summed E-state index contributed by atoms with van der Waals surface area (Å²) < 4.78 is 10.8. The van der Waals surface area contributed by atoms with Crippen molar-refractivity contribution in [1.29, 1.82) is 0 Å². The van der Waals surface area contributed by atoms with Gasteiger partial charge in [-0.1, -0.05) is 24.3 Å². The van der Waals surface area contributed by atoms with Gasteiger partial charge in [0.1, 0.15) is 11.5 Å². The first-order chi connectivity index (χ1) is 15.9. The van der Waals surface area contributed by atoms with Crippen LogP contribution in [0.15, 0.2) is 66.7 Å². The minimum absolute atomic E-state index is 0.0980. The molecule has 0 aliphatic rings. The number of nitrogens with zero attached hydrogens (tertiary/aromatic N) is 2. The SMILES string of the molecule is COc1ccc(-c2cc(C(=O)Nc3cc([N+](=O)[O-])ccc3C)c3ccccc3n2)c(OC)c1. The standard InChI is InChI=1S/C25H21N3O5/c1-15-8-9-16(28(30)31)12-22(15)27-25(29)20-14-23(26-21-7-5-4-6-18(20)21)19-11-10-17(32-2)13-24(19)33-3/h4-14H,1-3H3,(H,27,29). The summed E-state index contributed by atoms with van der Waals surface area (Å²) in [6.45, 7) is 1.78. The Morgan fingerprint density at radius 3 is 2.52 bits per heavy atom. The molecule has 8 nitrogen and oxygen atoms in total. The van der Waals surface area contributed by atoms with Crippen LogP contribution in [0.2, 0.25) is 0 Å². The predicted molar refractivity (Wildman–Crippen MR) is 126 cm³/mol. The number of nitro groups is 1. The lowest BCUT2D eigenvalue weighted by Crippen LogP contribution is -2.14. The summed E-state index contributed by atoms with van der Waals surface area (Å²) in [6, 6.07) is 18.7. The smallest absolute Gasteiger partial charge is 0.271 e. The number of pyridine rings is 1. The highest BCUT2D eigenvalue weighted by molar-refractivity contribution is 6.13. The Hall–Kier alpha value is -4.46. The van der Waals surface area contributed by atoms with E-state index in [1.165, 1.54) is 12.1 Å². The number of carbonyl (C=O) groups excluding carboxylic acids is 1. The molecule has 0 unspecified atom stereocenters. The van der Waals surface area contributed by atoms with Crippen molar-refractivity contribution in [2.75, 3.05) is 19.5 Å². The zero-order valence-corrected chi connectivity index (χ0v) is 18.3. The van der Waals surface area contributed by atoms with E-state index in [9.17, 15) is 14.9 Å². The zero-order valence-electron chi connectivity index (χ0n) is 18.3. The molecule has 4 rings (SSSR count). The minimum Gasteiger partial charge on any atom is -0.497 e. The molecule has 166 valence electrons. The Morgan fingerprint density at radius 2 is 1.79 bits per heavy atom. The van der Waals surface area contributed by atoms with E-state index < -0.39 is 10.8 Å². The molecule has 1 heterocycles. The number of anilines is 1. The molecular weight excluding hydrogens is 422 g/mol. The lowest BCUT2D eigenvalue weighted by molar-refractivity contribution is -0.384. The van der Waals surface area contributed by atoms with E-state index in [2.05, 4.69) is 5.32 Å². The number of nitrogens with one attached hydrogen (secondary N) is 1. The first kappa shape index (κ1) is 21.8.